The van der Waals surface area contributed by atoms with E-state index in [9.17, 15) is 4.79 Å². The zero-order valence-electron chi connectivity index (χ0n) is 15.4. The number of amides is 2. The van der Waals surface area contributed by atoms with Gasteiger partial charge in [0.1, 0.15) is 0 Å². The lowest BCUT2D eigenvalue weighted by Crippen LogP contribution is -2.43. The third kappa shape index (κ3) is 4.28. The molecule has 2 amide bonds. The van der Waals surface area contributed by atoms with Gasteiger partial charge in [0.05, 0.1) is 14.2 Å². The molecular formula is C21H26N2O3. The van der Waals surface area contributed by atoms with Crippen molar-refractivity contribution in [3.8, 4) is 11.5 Å². The largest absolute Gasteiger partial charge is 0.493 e. The van der Waals surface area contributed by atoms with Gasteiger partial charge in [-0.1, -0.05) is 36.4 Å². The van der Waals surface area contributed by atoms with Gasteiger partial charge < -0.3 is 19.7 Å². The zero-order chi connectivity index (χ0) is 18.4. The summed E-state index contributed by atoms with van der Waals surface area (Å²) in [5.41, 5.74) is 2.35. The number of urea groups is 1. The number of likely N-dealkylation sites (tertiary alicyclic amines) is 1. The summed E-state index contributed by atoms with van der Waals surface area (Å²) in [6, 6.07) is 16.2. The van der Waals surface area contributed by atoms with Crippen molar-refractivity contribution in [3.05, 3.63) is 59.7 Å². The van der Waals surface area contributed by atoms with Crippen molar-refractivity contribution < 1.29 is 14.3 Å². The van der Waals surface area contributed by atoms with Crippen LogP contribution < -0.4 is 14.8 Å². The first-order chi connectivity index (χ1) is 12.7. The molecule has 1 fully saturated rings. The van der Waals surface area contributed by atoms with Gasteiger partial charge in [-0.25, -0.2) is 4.79 Å². The Hall–Kier alpha value is -2.69. The van der Waals surface area contributed by atoms with Crippen LogP contribution in [0.15, 0.2) is 48.5 Å². The van der Waals surface area contributed by atoms with Crippen molar-refractivity contribution in [2.24, 2.45) is 0 Å². The Bertz CT molecular complexity index is 725. The number of hydrogen-bond donors (Lipinski definition) is 1. The van der Waals surface area contributed by atoms with E-state index in [1.54, 1.807) is 14.2 Å². The van der Waals surface area contributed by atoms with Crippen LogP contribution in [0.3, 0.4) is 0 Å². The van der Waals surface area contributed by atoms with E-state index in [1.165, 1.54) is 5.56 Å². The summed E-state index contributed by atoms with van der Waals surface area (Å²) in [5, 5.41) is 3.00. The number of ether oxygens (including phenoxy) is 2. The van der Waals surface area contributed by atoms with E-state index in [-0.39, 0.29) is 6.03 Å². The van der Waals surface area contributed by atoms with Crippen LogP contribution in [0.1, 0.15) is 29.9 Å². The molecule has 0 spiro atoms. The second-order valence-electron chi connectivity index (χ2n) is 6.52. The van der Waals surface area contributed by atoms with Crippen LogP contribution in [0.4, 0.5) is 4.79 Å². The van der Waals surface area contributed by atoms with E-state index in [0.717, 1.165) is 31.5 Å². The van der Waals surface area contributed by atoms with Crippen LogP contribution >= 0.6 is 0 Å². The third-order valence-corrected chi connectivity index (χ3v) is 4.94. The number of rotatable bonds is 5. The predicted molar refractivity (Wildman–Crippen MR) is 102 cm³/mol. The molecule has 1 N–H and O–H groups in total. The highest BCUT2D eigenvalue weighted by Gasteiger charge is 2.23. The molecule has 0 saturated carbocycles. The third-order valence-electron chi connectivity index (χ3n) is 4.94. The molecule has 1 heterocycles. The molecule has 0 bridgehead atoms. The number of piperidine rings is 1. The number of benzene rings is 2. The number of carbonyl (C=O) groups is 1. The first-order valence-electron chi connectivity index (χ1n) is 9.00. The van der Waals surface area contributed by atoms with E-state index < -0.39 is 0 Å². The summed E-state index contributed by atoms with van der Waals surface area (Å²) in [6.07, 6.45) is 2.02. The summed E-state index contributed by atoms with van der Waals surface area (Å²) in [6.45, 7) is 2.05. The van der Waals surface area contributed by atoms with Crippen molar-refractivity contribution in [3.63, 3.8) is 0 Å². The maximum atomic E-state index is 12.5. The quantitative estimate of drug-likeness (QED) is 0.889. The maximum absolute atomic E-state index is 12.5. The fraction of sp³-hybridized carbons (Fsp3) is 0.381. The molecule has 1 aliphatic heterocycles. The summed E-state index contributed by atoms with van der Waals surface area (Å²) in [5.74, 6) is 1.90. The minimum Gasteiger partial charge on any atom is -0.493 e. The molecule has 2 aromatic carbocycles. The Balaban J connectivity index is 1.50. The highest BCUT2D eigenvalue weighted by Crippen LogP contribution is 2.28. The molecule has 5 nitrogen and oxygen atoms in total. The zero-order valence-corrected chi connectivity index (χ0v) is 15.4. The molecular weight excluding hydrogens is 328 g/mol. The van der Waals surface area contributed by atoms with E-state index in [0.29, 0.717) is 24.0 Å². The standard InChI is InChI=1S/C21H26N2O3/c1-25-19-9-8-16(14-20(19)26-2)15-22-21(24)23-12-10-18(11-13-23)17-6-4-3-5-7-17/h3-9,14,18H,10-13,15H2,1-2H3,(H,22,24). The number of nitrogens with zero attached hydrogens (tertiary/aromatic N) is 1. The summed E-state index contributed by atoms with van der Waals surface area (Å²) in [7, 11) is 3.22. The van der Waals surface area contributed by atoms with Gasteiger partial charge in [0.2, 0.25) is 0 Å². The van der Waals surface area contributed by atoms with Crippen LogP contribution in [-0.4, -0.2) is 38.2 Å². The highest BCUT2D eigenvalue weighted by atomic mass is 16.5. The number of hydrogen-bond acceptors (Lipinski definition) is 3. The summed E-state index contributed by atoms with van der Waals surface area (Å²) < 4.78 is 10.5. The SMILES string of the molecule is COc1ccc(CNC(=O)N2CCC(c3ccccc3)CC2)cc1OC. The van der Waals surface area contributed by atoms with Gasteiger partial charge in [0.25, 0.3) is 0 Å². The van der Waals surface area contributed by atoms with Crippen molar-refractivity contribution in [2.75, 3.05) is 27.3 Å². The molecule has 5 heteroatoms. The average Bonchev–Trinajstić information content (AvgIpc) is 2.72. The van der Waals surface area contributed by atoms with Crippen molar-refractivity contribution >= 4 is 6.03 Å². The lowest BCUT2D eigenvalue weighted by Gasteiger charge is -2.32. The molecule has 26 heavy (non-hydrogen) atoms. The smallest absolute Gasteiger partial charge is 0.317 e. The van der Waals surface area contributed by atoms with Gasteiger partial charge in [-0.2, -0.15) is 0 Å². The second-order valence-corrected chi connectivity index (χ2v) is 6.52. The van der Waals surface area contributed by atoms with Gasteiger partial charge in [-0.15, -0.1) is 0 Å². The van der Waals surface area contributed by atoms with Gasteiger partial charge >= 0.3 is 6.03 Å². The first-order valence-corrected chi connectivity index (χ1v) is 9.00. The number of carbonyl (C=O) groups excluding carboxylic acids is 1. The van der Waals surface area contributed by atoms with E-state index in [1.807, 2.05) is 29.2 Å². The molecule has 0 radical (unpaired) electrons. The van der Waals surface area contributed by atoms with Gasteiger partial charge in [0.15, 0.2) is 11.5 Å². The van der Waals surface area contributed by atoms with E-state index in [2.05, 4.69) is 29.6 Å². The highest BCUT2D eigenvalue weighted by molar-refractivity contribution is 5.74. The normalized spacial score (nSPS) is 14.8. The molecule has 1 aliphatic rings. The predicted octanol–water partition coefficient (Wildman–Crippen LogP) is 3.79. The average molecular weight is 354 g/mol. The lowest BCUT2D eigenvalue weighted by atomic mass is 9.90. The fourth-order valence-corrected chi connectivity index (χ4v) is 3.42. The Morgan fingerprint density at radius 1 is 1.04 bits per heavy atom. The lowest BCUT2D eigenvalue weighted by molar-refractivity contribution is 0.181. The summed E-state index contributed by atoms with van der Waals surface area (Å²) in [4.78, 5) is 14.4. The topological polar surface area (TPSA) is 50.8 Å². The van der Waals surface area contributed by atoms with Gasteiger partial charge in [-0.05, 0) is 42.0 Å². The second kappa shape index (κ2) is 8.61. The molecule has 0 atom stereocenters. The molecule has 1 saturated heterocycles. The van der Waals surface area contributed by atoms with Crippen LogP contribution in [-0.2, 0) is 6.54 Å². The Morgan fingerprint density at radius 2 is 1.73 bits per heavy atom. The summed E-state index contributed by atoms with van der Waals surface area (Å²) >= 11 is 0. The molecule has 138 valence electrons. The van der Waals surface area contributed by atoms with Gasteiger partial charge in [-0.3, -0.25) is 0 Å². The molecule has 3 rings (SSSR count). The Kier molecular flexibility index (Phi) is 6.00. The maximum Gasteiger partial charge on any atom is 0.317 e. The van der Waals surface area contributed by atoms with E-state index >= 15 is 0 Å². The Morgan fingerprint density at radius 3 is 2.38 bits per heavy atom. The van der Waals surface area contributed by atoms with E-state index in [4.69, 9.17) is 9.47 Å². The first kappa shape index (κ1) is 18.1. The van der Waals surface area contributed by atoms with Crippen LogP contribution in [0, 0.1) is 0 Å². The molecule has 0 aromatic heterocycles. The molecule has 0 unspecified atom stereocenters. The van der Waals surface area contributed by atoms with Crippen molar-refractivity contribution in [1.29, 1.82) is 0 Å². The van der Waals surface area contributed by atoms with Crippen molar-refractivity contribution in [1.82, 2.24) is 10.2 Å². The van der Waals surface area contributed by atoms with Crippen LogP contribution in [0.2, 0.25) is 0 Å². The fourth-order valence-electron chi connectivity index (χ4n) is 3.42. The monoisotopic (exact) mass is 354 g/mol. The van der Waals surface area contributed by atoms with Crippen LogP contribution in [0.5, 0.6) is 11.5 Å². The number of nitrogens with one attached hydrogen (secondary N) is 1. The van der Waals surface area contributed by atoms with Gasteiger partial charge in [0, 0.05) is 19.6 Å². The number of methoxy groups -OCH3 is 2. The minimum absolute atomic E-state index is 0.00806. The van der Waals surface area contributed by atoms with Crippen LogP contribution in [0.25, 0.3) is 0 Å². The van der Waals surface area contributed by atoms with Crippen molar-refractivity contribution in [2.45, 2.75) is 25.3 Å². The Labute approximate surface area is 154 Å². The molecule has 0 aliphatic carbocycles. The minimum atomic E-state index is -0.00806. The molecule has 2 aromatic rings.